The summed E-state index contributed by atoms with van der Waals surface area (Å²) in [5.74, 6) is 1.06. The molecule has 0 atom stereocenters. The van der Waals surface area contributed by atoms with Crippen molar-refractivity contribution < 1.29 is 22.7 Å². The predicted octanol–water partition coefficient (Wildman–Crippen LogP) is 2.12. The molecule has 1 N–H and O–H groups in total. The van der Waals surface area contributed by atoms with Crippen molar-refractivity contribution >= 4 is 15.9 Å². The maximum Gasteiger partial charge on any atom is 0.248 e. The number of sulfonamides is 1. The summed E-state index contributed by atoms with van der Waals surface area (Å²) in [6.07, 6.45) is 4.52. The summed E-state index contributed by atoms with van der Waals surface area (Å²) >= 11 is 0. The molecular formula is C26H46N4O5S. The van der Waals surface area contributed by atoms with Gasteiger partial charge in [-0.3, -0.25) is 4.79 Å². The van der Waals surface area contributed by atoms with Crippen molar-refractivity contribution in [2.24, 2.45) is 5.92 Å². The Labute approximate surface area is 218 Å². The van der Waals surface area contributed by atoms with Crippen LogP contribution in [0.15, 0.2) is 17.0 Å². The van der Waals surface area contributed by atoms with Gasteiger partial charge in [0, 0.05) is 46.3 Å². The Hall–Kier alpha value is -1.72. The van der Waals surface area contributed by atoms with Gasteiger partial charge in [0.25, 0.3) is 0 Å². The minimum atomic E-state index is -3.68. The molecule has 0 spiro atoms. The lowest BCUT2D eigenvalue weighted by molar-refractivity contribution is -0.135. The number of carbonyl (C=O) groups excluding carboxylic acids is 1. The standard InChI is InChI=1S/C26H46N4O5S/c1-20-16-24(34-7)17-21(2)26(20)36(32,33)30(6)14-15-35-19-25(31)29(5)18-22-8-10-23(11-9-22)27-12-13-28(3)4/h16-17,22-23,27H,8-15,18-19H2,1-7H3. The van der Waals surface area contributed by atoms with Crippen molar-refractivity contribution in [3.63, 3.8) is 0 Å². The SMILES string of the molecule is COc1cc(C)c(S(=O)(=O)N(C)CCOCC(=O)N(C)CC2CCC(NCCN(C)C)CC2)c(C)c1. The highest BCUT2D eigenvalue weighted by Gasteiger charge is 2.26. The first-order valence-electron chi connectivity index (χ1n) is 12.8. The van der Waals surface area contributed by atoms with Crippen molar-refractivity contribution in [3.8, 4) is 5.75 Å². The van der Waals surface area contributed by atoms with Crippen LogP contribution in [0.25, 0.3) is 0 Å². The minimum Gasteiger partial charge on any atom is -0.497 e. The summed E-state index contributed by atoms with van der Waals surface area (Å²) in [6.45, 7) is 6.56. The number of likely N-dealkylation sites (N-methyl/N-ethyl adjacent to an activating group) is 3. The fourth-order valence-electron chi connectivity index (χ4n) is 4.70. The number of nitrogens with one attached hydrogen (secondary N) is 1. The smallest absolute Gasteiger partial charge is 0.248 e. The molecule has 1 aromatic carbocycles. The summed E-state index contributed by atoms with van der Waals surface area (Å²) in [5.41, 5.74) is 1.27. The highest BCUT2D eigenvalue weighted by molar-refractivity contribution is 7.89. The molecule has 0 heterocycles. The van der Waals surface area contributed by atoms with Gasteiger partial charge in [0.05, 0.1) is 18.6 Å². The Morgan fingerprint density at radius 3 is 2.19 bits per heavy atom. The number of methoxy groups -OCH3 is 1. The first-order chi connectivity index (χ1) is 16.9. The maximum atomic E-state index is 13.1. The van der Waals surface area contributed by atoms with E-state index >= 15 is 0 Å². The third-order valence-electron chi connectivity index (χ3n) is 6.91. The molecule has 1 aromatic rings. The molecule has 1 saturated carbocycles. The van der Waals surface area contributed by atoms with Gasteiger partial charge in [-0.25, -0.2) is 8.42 Å². The van der Waals surface area contributed by atoms with Crippen LogP contribution in [0.1, 0.15) is 36.8 Å². The molecular weight excluding hydrogens is 480 g/mol. The van der Waals surface area contributed by atoms with E-state index in [1.165, 1.54) is 11.4 Å². The first kappa shape index (κ1) is 30.5. The molecule has 0 unspecified atom stereocenters. The van der Waals surface area contributed by atoms with Crippen LogP contribution < -0.4 is 10.1 Å². The average Bonchev–Trinajstić information content (AvgIpc) is 2.81. The Morgan fingerprint density at radius 1 is 1.03 bits per heavy atom. The Kier molecular flexibility index (Phi) is 12.1. The molecule has 10 heteroatoms. The molecule has 1 aliphatic rings. The first-order valence-corrected chi connectivity index (χ1v) is 14.2. The van der Waals surface area contributed by atoms with Gasteiger partial charge < -0.3 is 24.6 Å². The minimum absolute atomic E-state index is 0.0492. The van der Waals surface area contributed by atoms with E-state index in [9.17, 15) is 13.2 Å². The number of amides is 1. The lowest BCUT2D eigenvalue weighted by Gasteiger charge is -2.32. The van der Waals surface area contributed by atoms with Crippen molar-refractivity contribution in [2.45, 2.75) is 50.5 Å². The van der Waals surface area contributed by atoms with Crippen LogP contribution in [-0.4, -0.2) is 109 Å². The van der Waals surface area contributed by atoms with Gasteiger partial charge in [-0.1, -0.05) is 0 Å². The summed E-state index contributed by atoms with van der Waals surface area (Å²) in [5, 5.41) is 3.63. The largest absolute Gasteiger partial charge is 0.497 e. The number of aryl methyl sites for hydroxylation is 2. The average molecular weight is 527 g/mol. The fraction of sp³-hybridized carbons (Fsp3) is 0.731. The molecule has 0 radical (unpaired) electrons. The van der Waals surface area contributed by atoms with Crippen LogP contribution in [0, 0.1) is 19.8 Å². The quantitative estimate of drug-likeness (QED) is 0.371. The van der Waals surface area contributed by atoms with Crippen molar-refractivity contribution in [1.82, 2.24) is 19.4 Å². The molecule has 0 aliphatic heterocycles. The Morgan fingerprint density at radius 2 is 1.64 bits per heavy atom. The second-order valence-electron chi connectivity index (χ2n) is 10.2. The third kappa shape index (κ3) is 8.99. The lowest BCUT2D eigenvalue weighted by Crippen LogP contribution is -2.40. The van der Waals surface area contributed by atoms with Gasteiger partial charge in [-0.15, -0.1) is 0 Å². The summed E-state index contributed by atoms with van der Waals surface area (Å²) in [4.78, 5) is 16.7. The predicted molar refractivity (Wildman–Crippen MR) is 143 cm³/mol. The number of carbonyl (C=O) groups is 1. The number of hydrogen-bond donors (Lipinski definition) is 1. The van der Waals surface area contributed by atoms with E-state index in [4.69, 9.17) is 9.47 Å². The van der Waals surface area contributed by atoms with Crippen molar-refractivity contribution in [2.75, 3.05) is 74.7 Å². The molecule has 0 aromatic heterocycles. The Balaban J connectivity index is 1.72. The van der Waals surface area contributed by atoms with Crippen LogP contribution in [-0.2, 0) is 19.6 Å². The highest BCUT2D eigenvalue weighted by Crippen LogP contribution is 2.28. The zero-order chi connectivity index (χ0) is 26.9. The molecule has 0 bridgehead atoms. The molecule has 9 nitrogen and oxygen atoms in total. The van der Waals surface area contributed by atoms with Crippen LogP contribution >= 0.6 is 0 Å². The number of hydrogen-bond acceptors (Lipinski definition) is 7. The second kappa shape index (κ2) is 14.3. The number of benzene rings is 1. The molecule has 1 fully saturated rings. The number of rotatable bonds is 14. The molecule has 1 aliphatic carbocycles. The van der Waals surface area contributed by atoms with E-state index in [-0.39, 0.29) is 30.6 Å². The zero-order valence-electron chi connectivity index (χ0n) is 23.2. The zero-order valence-corrected chi connectivity index (χ0v) is 24.0. The van der Waals surface area contributed by atoms with E-state index in [1.54, 1.807) is 38.0 Å². The monoisotopic (exact) mass is 526 g/mol. The molecule has 1 amide bonds. The van der Waals surface area contributed by atoms with E-state index in [0.29, 0.717) is 28.8 Å². The fourth-order valence-corrected chi connectivity index (χ4v) is 6.26. The molecule has 36 heavy (non-hydrogen) atoms. The highest BCUT2D eigenvalue weighted by atomic mass is 32.2. The van der Waals surface area contributed by atoms with Crippen molar-refractivity contribution in [1.29, 1.82) is 0 Å². The number of nitrogens with zero attached hydrogens (tertiary/aromatic N) is 3. The van der Waals surface area contributed by atoms with E-state index in [0.717, 1.165) is 45.3 Å². The van der Waals surface area contributed by atoms with Gasteiger partial charge in [0.15, 0.2) is 0 Å². The normalized spacial score (nSPS) is 18.6. The summed E-state index contributed by atoms with van der Waals surface area (Å²) in [7, 11) is 5.39. The summed E-state index contributed by atoms with van der Waals surface area (Å²) in [6, 6.07) is 4.00. The van der Waals surface area contributed by atoms with Crippen molar-refractivity contribution in [3.05, 3.63) is 23.3 Å². The van der Waals surface area contributed by atoms with Gasteiger partial charge in [-0.05, 0) is 82.8 Å². The van der Waals surface area contributed by atoms with Crippen LogP contribution in [0.2, 0.25) is 0 Å². The summed E-state index contributed by atoms with van der Waals surface area (Å²) < 4.78 is 38.2. The third-order valence-corrected chi connectivity index (χ3v) is 9.07. The van der Waals surface area contributed by atoms with Crippen LogP contribution in [0.4, 0.5) is 0 Å². The lowest BCUT2D eigenvalue weighted by atomic mass is 9.85. The van der Waals surface area contributed by atoms with E-state index < -0.39 is 10.0 Å². The Bertz CT molecular complexity index is 923. The molecule has 2 rings (SSSR count). The van der Waals surface area contributed by atoms with E-state index in [2.05, 4.69) is 24.3 Å². The molecule has 206 valence electrons. The maximum absolute atomic E-state index is 13.1. The topological polar surface area (TPSA) is 91.4 Å². The van der Waals surface area contributed by atoms with E-state index in [1.807, 2.05) is 7.05 Å². The molecule has 0 saturated heterocycles. The van der Waals surface area contributed by atoms with Gasteiger partial charge in [-0.2, -0.15) is 4.31 Å². The van der Waals surface area contributed by atoms with Gasteiger partial charge in [0.1, 0.15) is 12.4 Å². The van der Waals surface area contributed by atoms with Gasteiger partial charge in [0.2, 0.25) is 15.9 Å². The second-order valence-corrected chi connectivity index (χ2v) is 12.2. The van der Waals surface area contributed by atoms with Crippen LogP contribution in [0.3, 0.4) is 0 Å². The van der Waals surface area contributed by atoms with Gasteiger partial charge >= 0.3 is 0 Å². The van der Waals surface area contributed by atoms with Crippen LogP contribution in [0.5, 0.6) is 5.75 Å². The number of ether oxygens (including phenoxy) is 2.